The van der Waals surface area contributed by atoms with Gasteiger partial charge in [-0.05, 0) is 0 Å². The van der Waals surface area contributed by atoms with E-state index in [9.17, 15) is 0 Å². The van der Waals surface area contributed by atoms with Crippen LogP contribution >= 0.6 is 24.8 Å². The first-order valence-corrected chi connectivity index (χ1v) is 0. The second-order valence-electron chi connectivity index (χ2n) is 0. The second kappa shape index (κ2) is 413. The van der Waals surface area contributed by atoms with Crippen LogP contribution in [0.1, 0.15) is 0 Å². The molecule has 14 N–H and O–H groups in total. The first kappa shape index (κ1) is 535. The summed E-state index contributed by atoms with van der Waals surface area (Å²) in [4.78, 5) is 0. The van der Waals surface area contributed by atoms with Gasteiger partial charge >= 0.3 is 46.1 Å². The summed E-state index contributed by atoms with van der Waals surface area (Å²) in [6.07, 6.45) is 0. The molecule has 0 spiro atoms. The molecular formula is H20Cl2Mg2O7. The van der Waals surface area contributed by atoms with E-state index in [4.69, 9.17) is 0 Å². The van der Waals surface area contributed by atoms with Gasteiger partial charge in [0.05, 0.1) is 0 Å². The van der Waals surface area contributed by atoms with E-state index in [1.807, 2.05) is 0 Å². The highest BCUT2D eigenvalue weighted by atomic mass is 35.5. The van der Waals surface area contributed by atoms with Crippen LogP contribution in [-0.2, 0) is 0 Å². The zero-order chi connectivity index (χ0) is 0. The molecular weight excluding hydrogens is 232 g/mol. The third-order valence-electron chi connectivity index (χ3n) is 0. The standard InChI is InChI=1S/2ClH.2Mg.7H2O.4H/h2*1H;;;7*1H2;;;;. The van der Waals surface area contributed by atoms with E-state index in [2.05, 4.69) is 0 Å². The Bertz CT molecular complexity index is 14.4. The van der Waals surface area contributed by atoms with E-state index in [0.29, 0.717) is 0 Å². The van der Waals surface area contributed by atoms with Crippen LogP contribution in [0.25, 0.3) is 0 Å². The van der Waals surface area contributed by atoms with Gasteiger partial charge in [0.1, 0.15) is 0 Å². The zero-order valence-corrected chi connectivity index (χ0v) is 5.95. The Kier molecular flexibility index (Phi) is 20100. The summed E-state index contributed by atoms with van der Waals surface area (Å²) >= 11 is 0. The lowest BCUT2D eigenvalue weighted by Gasteiger charge is -0.413. The third-order valence-corrected chi connectivity index (χ3v) is 0. The van der Waals surface area contributed by atoms with Gasteiger partial charge < -0.3 is 38.3 Å². The molecule has 0 aromatic carbocycles. The summed E-state index contributed by atoms with van der Waals surface area (Å²) < 4.78 is 0. The van der Waals surface area contributed by atoms with Gasteiger partial charge in [-0.25, -0.2) is 0 Å². The Morgan fingerprint density at radius 3 is 0.273 bits per heavy atom. The molecule has 80 valence electrons. The van der Waals surface area contributed by atoms with Crippen molar-refractivity contribution < 1.29 is 38.3 Å². The fraction of sp³-hybridized carbons (Fsp3) is 0. The van der Waals surface area contributed by atoms with E-state index in [0.717, 1.165) is 0 Å². The lowest BCUT2D eigenvalue weighted by Crippen LogP contribution is -0.382. The summed E-state index contributed by atoms with van der Waals surface area (Å²) in [5.74, 6) is 0. The largest absolute Gasteiger partial charge is 0.412 e. The quantitative estimate of drug-likeness (QED) is 0.366. The fourth-order valence-corrected chi connectivity index (χ4v) is 0. The molecule has 0 aliphatic rings. The van der Waals surface area contributed by atoms with E-state index in [1.54, 1.807) is 0 Å². The van der Waals surface area contributed by atoms with Crippen molar-refractivity contribution in [3.05, 3.63) is 0 Å². The Morgan fingerprint density at radius 1 is 0.273 bits per heavy atom. The number of rotatable bonds is 0. The molecule has 11 heavy (non-hydrogen) atoms. The van der Waals surface area contributed by atoms with Gasteiger partial charge in [-0.3, -0.25) is 0 Å². The minimum absolute atomic E-state index is 0. The summed E-state index contributed by atoms with van der Waals surface area (Å²) in [5.41, 5.74) is 0. The molecule has 0 aliphatic heterocycles. The smallest absolute Gasteiger partial charge is 0.316 e. The van der Waals surface area contributed by atoms with Crippen molar-refractivity contribution in [3.63, 3.8) is 0 Å². The summed E-state index contributed by atoms with van der Waals surface area (Å²) in [7, 11) is 0. The molecule has 7 nitrogen and oxygen atoms in total. The van der Waals surface area contributed by atoms with Crippen molar-refractivity contribution in [1.29, 1.82) is 0 Å². The number of hydrogen-bond donors (Lipinski definition) is 0. The van der Waals surface area contributed by atoms with E-state index >= 15 is 0 Å². The van der Waals surface area contributed by atoms with Gasteiger partial charge in [-0.2, -0.15) is 0 Å². The van der Waals surface area contributed by atoms with Gasteiger partial charge in [-0.15, -0.1) is 24.8 Å². The monoisotopic (exact) mass is 250 g/mol. The molecule has 0 bridgehead atoms. The van der Waals surface area contributed by atoms with Crippen LogP contribution in [0.2, 0.25) is 0 Å². The predicted octanol–water partition coefficient (Wildman–Crippen LogP) is -6.76. The molecule has 0 atom stereocenters. The van der Waals surface area contributed by atoms with Crippen LogP contribution in [0.15, 0.2) is 0 Å². The van der Waals surface area contributed by atoms with E-state index < -0.39 is 0 Å². The Hall–Kier alpha value is 1.83. The highest BCUT2D eigenvalue weighted by Crippen LogP contribution is 0.691. The van der Waals surface area contributed by atoms with Crippen molar-refractivity contribution >= 4 is 70.9 Å². The zero-order valence-electron chi connectivity index (χ0n) is 4.32. The molecule has 0 aromatic heterocycles. The van der Waals surface area contributed by atoms with Crippen molar-refractivity contribution in [1.82, 2.24) is 0 Å². The summed E-state index contributed by atoms with van der Waals surface area (Å²) in [6.45, 7) is 0. The molecule has 0 rings (SSSR count). The average Bonchev–Trinajstić information content (AvgIpc) is 0. The molecule has 0 aromatic rings. The van der Waals surface area contributed by atoms with Crippen molar-refractivity contribution in [2.24, 2.45) is 0 Å². The fourth-order valence-electron chi connectivity index (χ4n) is 0. The Balaban J connectivity index is 0. The first-order chi connectivity index (χ1) is 0. The van der Waals surface area contributed by atoms with Crippen LogP contribution in [0.4, 0.5) is 0 Å². The minimum atomic E-state index is 0. The van der Waals surface area contributed by atoms with Gasteiger partial charge in [0.2, 0.25) is 0 Å². The topological polar surface area (TPSA) is 220 Å². The van der Waals surface area contributed by atoms with E-state index in [1.165, 1.54) is 0 Å². The highest BCUT2D eigenvalue weighted by Gasteiger charge is 0.317. The van der Waals surface area contributed by atoms with Crippen molar-refractivity contribution in [2.45, 2.75) is 0 Å². The maximum atomic E-state index is 0. The molecule has 0 unspecified atom stereocenters. The Morgan fingerprint density at radius 2 is 0.273 bits per heavy atom. The molecule has 0 heterocycles. The lowest BCUT2D eigenvalue weighted by atomic mass is 16.0. The summed E-state index contributed by atoms with van der Waals surface area (Å²) in [5, 5.41) is 0. The maximum absolute atomic E-state index is 0. The van der Waals surface area contributed by atoms with Crippen LogP contribution in [-0.4, -0.2) is 84.4 Å². The average molecular weight is 252 g/mol. The molecule has 0 saturated carbocycles. The SMILES string of the molecule is Cl.Cl.O.O.O.O.O.O.O.[MgH2].[MgH2]. The highest BCUT2D eigenvalue weighted by molar-refractivity contribution is 5.85. The lowest BCUT2D eigenvalue weighted by molar-refractivity contribution is 0.823. The minimum Gasteiger partial charge on any atom is -0.412 e. The predicted molar refractivity (Wildman–Crippen MR) is 56.9 cm³/mol. The van der Waals surface area contributed by atoms with Crippen LogP contribution < -0.4 is 0 Å². The maximum Gasteiger partial charge on any atom is 0.316 e. The molecule has 11 heteroatoms. The van der Waals surface area contributed by atoms with Gasteiger partial charge in [0.25, 0.3) is 0 Å². The number of halogens is 2. The van der Waals surface area contributed by atoms with Crippen molar-refractivity contribution in [3.8, 4) is 0 Å². The van der Waals surface area contributed by atoms with Gasteiger partial charge in [0.15, 0.2) is 0 Å². The van der Waals surface area contributed by atoms with Crippen LogP contribution in [0.3, 0.4) is 0 Å². The number of hydrogen-bond acceptors (Lipinski definition) is 0. The van der Waals surface area contributed by atoms with Crippen molar-refractivity contribution in [2.75, 3.05) is 0 Å². The van der Waals surface area contributed by atoms with Gasteiger partial charge in [-0.1, -0.05) is 0 Å². The molecule has 0 radical (unpaired) electrons. The molecule has 0 fully saturated rings. The first-order valence-electron chi connectivity index (χ1n) is 0. The molecule has 0 saturated heterocycles. The van der Waals surface area contributed by atoms with E-state index in [-0.39, 0.29) is 109 Å². The second-order valence-corrected chi connectivity index (χ2v) is 0. The summed E-state index contributed by atoms with van der Waals surface area (Å²) in [6, 6.07) is 0. The normalized spacial score (nSPS) is 0. The molecule has 0 amide bonds. The van der Waals surface area contributed by atoms with Gasteiger partial charge in [0, 0.05) is 0 Å². The van der Waals surface area contributed by atoms with Crippen LogP contribution in [0.5, 0.6) is 0 Å². The third kappa shape index (κ3) is 341. The van der Waals surface area contributed by atoms with Crippen LogP contribution in [0, 0.1) is 0 Å². The Labute approximate surface area is 109 Å². The molecule has 0 aliphatic carbocycles.